The first kappa shape index (κ1) is 12.9. The van der Waals surface area contributed by atoms with Gasteiger partial charge < -0.3 is 5.11 Å². The second-order valence-electron chi connectivity index (χ2n) is 6.12. The Bertz CT molecular complexity index is 273. The van der Waals surface area contributed by atoms with Gasteiger partial charge in [-0.25, -0.2) is 0 Å². The number of nitrogens with zero attached hydrogens (tertiary/aromatic N) is 1. The molecule has 0 aromatic carbocycles. The molecule has 0 amide bonds. The molecule has 0 aliphatic heterocycles. The molecule has 2 atom stereocenters. The van der Waals surface area contributed by atoms with E-state index in [2.05, 4.69) is 18.7 Å². The van der Waals surface area contributed by atoms with E-state index in [-0.39, 0.29) is 5.92 Å². The van der Waals surface area contributed by atoms with Crippen molar-refractivity contribution in [2.24, 2.45) is 11.8 Å². The predicted molar refractivity (Wildman–Crippen MR) is 67.9 cm³/mol. The summed E-state index contributed by atoms with van der Waals surface area (Å²) in [5, 5.41) is 9.37. The Kier molecular flexibility index (Phi) is 4.08. The molecular weight excluding hydrogens is 214 g/mol. The summed E-state index contributed by atoms with van der Waals surface area (Å²) in [6.07, 6.45) is 6.80. The lowest BCUT2D eigenvalue weighted by Gasteiger charge is -2.39. The number of carboxylic acids is 1. The van der Waals surface area contributed by atoms with Gasteiger partial charge in [-0.3, -0.25) is 9.69 Å². The summed E-state index contributed by atoms with van der Waals surface area (Å²) in [5.74, 6) is -0.0702. The molecule has 3 heteroatoms. The molecule has 2 rings (SSSR count). The van der Waals surface area contributed by atoms with Crippen LogP contribution in [-0.2, 0) is 4.79 Å². The minimum Gasteiger partial charge on any atom is -0.481 e. The molecule has 17 heavy (non-hydrogen) atoms. The van der Waals surface area contributed by atoms with Gasteiger partial charge in [0.1, 0.15) is 0 Å². The molecule has 0 aromatic rings. The summed E-state index contributed by atoms with van der Waals surface area (Å²) < 4.78 is 0. The summed E-state index contributed by atoms with van der Waals surface area (Å²) in [7, 11) is 0. The van der Waals surface area contributed by atoms with Crippen LogP contribution in [0, 0.1) is 11.8 Å². The number of rotatable bonds is 5. The van der Waals surface area contributed by atoms with E-state index in [1.807, 2.05) is 0 Å². The molecule has 1 N–H and O–H groups in total. The summed E-state index contributed by atoms with van der Waals surface area (Å²) in [5.41, 5.74) is 0. The van der Waals surface area contributed by atoms with Gasteiger partial charge in [0.25, 0.3) is 0 Å². The standard InChI is InChI=1S/C14H25NO2/c1-10(2)9-15(11-7-8-11)13-6-4-3-5-12(13)14(16)17/h10-13H,3-9H2,1-2H3,(H,16,17). The summed E-state index contributed by atoms with van der Waals surface area (Å²) in [6, 6.07) is 0.985. The molecule has 2 saturated carbocycles. The van der Waals surface area contributed by atoms with Crippen molar-refractivity contribution in [1.82, 2.24) is 4.90 Å². The van der Waals surface area contributed by atoms with Gasteiger partial charge in [-0.1, -0.05) is 26.7 Å². The van der Waals surface area contributed by atoms with E-state index in [9.17, 15) is 9.90 Å². The molecule has 0 spiro atoms. The Balaban J connectivity index is 2.06. The average molecular weight is 239 g/mol. The van der Waals surface area contributed by atoms with Crippen LogP contribution in [0.25, 0.3) is 0 Å². The third-order valence-corrected chi connectivity index (χ3v) is 4.06. The Morgan fingerprint density at radius 3 is 2.41 bits per heavy atom. The largest absolute Gasteiger partial charge is 0.481 e. The topological polar surface area (TPSA) is 40.5 Å². The Morgan fingerprint density at radius 2 is 1.88 bits per heavy atom. The highest BCUT2D eigenvalue weighted by molar-refractivity contribution is 5.71. The smallest absolute Gasteiger partial charge is 0.308 e. The molecule has 0 bridgehead atoms. The van der Waals surface area contributed by atoms with Gasteiger partial charge in [0.05, 0.1) is 5.92 Å². The number of hydrogen-bond acceptors (Lipinski definition) is 2. The van der Waals surface area contributed by atoms with Crippen LogP contribution in [0.1, 0.15) is 52.4 Å². The third kappa shape index (κ3) is 3.21. The lowest BCUT2D eigenvalue weighted by Crippen LogP contribution is -2.47. The van der Waals surface area contributed by atoms with E-state index < -0.39 is 5.97 Å². The zero-order valence-corrected chi connectivity index (χ0v) is 11.1. The minimum absolute atomic E-state index is 0.122. The van der Waals surface area contributed by atoms with E-state index in [0.717, 1.165) is 25.8 Å². The predicted octanol–water partition coefficient (Wildman–Crippen LogP) is 2.75. The fourth-order valence-corrected chi connectivity index (χ4v) is 3.18. The van der Waals surface area contributed by atoms with Gasteiger partial charge in [-0.15, -0.1) is 0 Å². The molecule has 2 fully saturated rings. The molecule has 2 aliphatic rings. The molecule has 0 heterocycles. The first-order valence-electron chi connectivity index (χ1n) is 7.08. The zero-order valence-electron chi connectivity index (χ0n) is 11.1. The van der Waals surface area contributed by atoms with E-state index in [1.54, 1.807) is 0 Å². The highest BCUT2D eigenvalue weighted by Crippen LogP contribution is 2.36. The van der Waals surface area contributed by atoms with Gasteiger partial charge in [-0.2, -0.15) is 0 Å². The number of aliphatic carboxylic acids is 1. The summed E-state index contributed by atoms with van der Waals surface area (Å²) in [4.78, 5) is 13.9. The van der Waals surface area contributed by atoms with Gasteiger partial charge in [0, 0.05) is 18.6 Å². The van der Waals surface area contributed by atoms with Crippen molar-refractivity contribution in [3.8, 4) is 0 Å². The second kappa shape index (κ2) is 5.38. The molecule has 0 aromatic heterocycles. The zero-order chi connectivity index (χ0) is 12.4. The first-order chi connectivity index (χ1) is 8.09. The fourth-order valence-electron chi connectivity index (χ4n) is 3.18. The van der Waals surface area contributed by atoms with Crippen LogP contribution in [0.5, 0.6) is 0 Å². The molecule has 0 saturated heterocycles. The molecular formula is C14H25NO2. The van der Waals surface area contributed by atoms with E-state index in [4.69, 9.17) is 0 Å². The van der Waals surface area contributed by atoms with Gasteiger partial charge in [0.15, 0.2) is 0 Å². The van der Waals surface area contributed by atoms with Gasteiger partial charge >= 0.3 is 5.97 Å². The minimum atomic E-state index is -0.580. The SMILES string of the molecule is CC(C)CN(C1CC1)C1CCCCC1C(=O)O. The molecule has 2 aliphatic carbocycles. The first-order valence-corrected chi connectivity index (χ1v) is 7.08. The lowest BCUT2D eigenvalue weighted by molar-refractivity contribution is -0.146. The maximum atomic E-state index is 11.4. The highest BCUT2D eigenvalue weighted by atomic mass is 16.4. The molecule has 98 valence electrons. The van der Waals surface area contributed by atoms with Crippen molar-refractivity contribution < 1.29 is 9.90 Å². The van der Waals surface area contributed by atoms with Gasteiger partial charge in [0.2, 0.25) is 0 Å². The van der Waals surface area contributed by atoms with E-state index in [0.29, 0.717) is 18.0 Å². The molecule has 0 radical (unpaired) electrons. The van der Waals surface area contributed by atoms with Crippen LogP contribution >= 0.6 is 0 Å². The Hall–Kier alpha value is -0.570. The quantitative estimate of drug-likeness (QED) is 0.802. The second-order valence-corrected chi connectivity index (χ2v) is 6.12. The highest BCUT2D eigenvalue weighted by Gasteiger charge is 2.41. The van der Waals surface area contributed by atoms with Crippen molar-refractivity contribution in [2.45, 2.75) is 64.5 Å². The fraction of sp³-hybridized carbons (Fsp3) is 0.929. The number of carbonyl (C=O) groups is 1. The summed E-state index contributed by atoms with van der Waals surface area (Å²) >= 11 is 0. The van der Waals surface area contributed by atoms with Crippen LogP contribution in [0.3, 0.4) is 0 Å². The van der Waals surface area contributed by atoms with Crippen LogP contribution in [-0.4, -0.2) is 34.6 Å². The maximum Gasteiger partial charge on any atom is 0.308 e. The van der Waals surface area contributed by atoms with Crippen molar-refractivity contribution in [3.63, 3.8) is 0 Å². The lowest BCUT2D eigenvalue weighted by atomic mass is 9.83. The Labute approximate surface area is 104 Å². The molecule has 3 nitrogen and oxygen atoms in total. The van der Waals surface area contributed by atoms with Crippen molar-refractivity contribution in [2.75, 3.05) is 6.54 Å². The van der Waals surface area contributed by atoms with Crippen LogP contribution < -0.4 is 0 Å². The van der Waals surface area contributed by atoms with Crippen LogP contribution in [0.2, 0.25) is 0 Å². The van der Waals surface area contributed by atoms with Crippen LogP contribution in [0.15, 0.2) is 0 Å². The Morgan fingerprint density at radius 1 is 1.24 bits per heavy atom. The monoisotopic (exact) mass is 239 g/mol. The normalized spacial score (nSPS) is 29.9. The van der Waals surface area contributed by atoms with Crippen molar-refractivity contribution >= 4 is 5.97 Å². The molecule has 2 unspecified atom stereocenters. The van der Waals surface area contributed by atoms with E-state index in [1.165, 1.54) is 19.3 Å². The average Bonchev–Trinajstić information content (AvgIpc) is 3.09. The van der Waals surface area contributed by atoms with Crippen LogP contribution in [0.4, 0.5) is 0 Å². The van der Waals surface area contributed by atoms with E-state index >= 15 is 0 Å². The summed E-state index contributed by atoms with van der Waals surface area (Å²) in [6.45, 7) is 5.53. The van der Waals surface area contributed by atoms with Crippen molar-refractivity contribution in [3.05, 3.63) is 0 Å². The number of carboxylic acid groups (broad SMARTS) is 1. The van der Waals surface area contributed by atoms with Crippen molar-refractivity contribution in [1.29, 1.82) is 0 Å². The van der Waals surface area contributed by atoms with Gasteiger partial charge in [-0.05, 0) is 31.6 Å². The third-order valence-electron chi connectivity index (χ3n) is 4.06. The maximum absolute atomic E-state index is 11.4. The number of hydrogen-bond donors (Lipinski definition) is 1.